The Morgan fingerprint density at radius 1 is 0.960 bits per heavy atom. The zero-order chi connectivity index (χ0) is 17.6. The fraction of sp³-hybridized carbons (Fsp3) is 0.409. The third-order valence-electron chi connectivity index (χ3n) is 5.22. The predicted molar refractivity (Wildman–Crippen MR) is 103 cm³/mol. The van der Waals surface area contributed by atoms with Gasteiger partial charge in [-0.1, -0.05) is 54.6 Å². The van der Waals surface area contributed by atoms with Crippen molar-refractivity contribution in [3.63, 3.8) is 0 Å². The molecule has 1 atom stereocenters. The Balaban J connectivity index is 1.83. The predicted octanol–water partition coefficient (Wildman–Crippen LogP) is 3.68. The van der Waals surface area contributed by atoms with Crippen LogP contribution in [0, 0.1) is 6.92 Å². The Labute approximate surface area is 151 Å². The number of hydrogen-bond donors (Lipinski definition) is 0. The number of carbonyl (C=O) groups is 1. The van der Waals surface area contributed by atoms with Crippen LogP contribution in [0.3, 0.4) is 0 Å². The molecule has 1 aliphatic rings. The Kier molecular flexibility index (Phi) is 5.87. The van der Waals surface area contributed by atoms with Crippen LogP contribution in [0.2, 0.25) is 0 Å². The Morgan fingerprint density at radius 3 is 2.44 bits per heavy atom. The standard InChI is InChI=1S/C22H28N2O/c1-18-9-6-7-12-20(18)21(19-10-4-3-5-11-19)17-22(25)24-14-8-13-23(2)15-16-24/h3-7,9-12,21H,8,13-17H2,1-2H3. The minimum Gasteiger partial charge on any atom is -0.341 e. The topological polar surface area (TPSA) is 23.6 Å². The number of amides is 1. The lowest BCUT2D eigenvalue weighted by Gasteiger charge is -2.25. The van der Waals surface area contributed by atoms with Crippen LogP contribution in [0.15, 0.2) is 54.6 Å². The largest absolute Gasteiger partial charge is 0.341 e. The van der Waals surface area contributed by atoms with Crippen molar-refractivity contribution in [3.8, 4) is 0 Å². The van der Waals surface area contributed by atoms with Crippen molar-refractivity contribution in [1.29, 1.82) is 0 Å². The van der Waals surface area contributed by atoms with Gasteiger partial charge in [-0.2, -0.15) is 0 Å². The summed E-state index contributed by atoms with van der Waals surface area (Å²) in [6.07, 6.45) is 1.60. The summed E-state index contributed by atoms with van der Waals surface area (Å²) in [6, 6.07) is 18.9. The van der Waals surface area contributed by atoms with Crippen molar-refractivity contribution in [2.24, 2.45) is 0 Å². The highest BCUT2D eigenvalue weighted by Gasteiger charge is 2.24. The first kappa shape index (κ1) is 17.7. The van der Waals surface area contributed by atoms with Gasteiger partial charge in [-0.25, -0.2) is 0 Å². The molecule has 0 spiro atoms. The molecule has 2 aromatic rings. The van der Waals surface area contributed by atoms with Crippen LogP contribution in [0.25, 0.3) is 0 Å². The molecule has 1 unspecified atom stereocenters. The highest BCUT2D eigenvalue weighted by molar-refractivity contribution is 5.78. The summed E-state index contributed by atoms with van der Waals surface area (Å²) in [6.45, 7) is 5.88. The third kappa shape index (κ3) is 4.49. The maximum Gasteiger partial charge on any atom is 0.223 e. The van der Waals surface area contributed by atoms with Crippen LogP contribution >= 0.6 is 0 Å². The van der Waals surface area contributed by atoms with E-state index < -0.39 is 0 Å². The van der Waals surface area contributed by atoms with E-state index in [1.54, 1.807) is 0 Å². The maximum atomic E-state index is 13.0. The van der Waals surface area contributed by atoms with Crippen molar-refractivity contribution < 1.29 is 4.79 Å². The maximum absolute atomic E-state index is 13.0. The summed E-state index contributed by atoms with van der Waals surface area (Å²) < 4.78 is 0. The van der Waals surface area contributed by atoms with Crippen LogP contribution in [-0.2, 0) is 4.79 Å². The number of carbonyl (C=O) groups excluding carboxylic acids is 1. The van der Waals surface area contributed by atoms with Crippen LogP contribution in [0.4, 0.5) is 0 Å². The van der Waals surface area contributed by atoms with Gasteiger partial charge in [0, 0.05) is 32.0 Å². The molecule has 1 fully saturated rings. The van der Waals surface area contributed by atoms with E-state index in [0.717, 1.165) is 32.6 Å². The monoisotopic (exact) mass is 336 g/mol. The molecule has 0 radical (unpaired) electrons. The second kappa shape index (κ2) is 8.30. The van der Waals surface area contributed by atoms with E-state index in [9.17, 15) is 4.79 Å². The molecule has 1 amide bonds. The Bertz CT molecular complexity index is 698. The highest BCUT2D eigenvalue weighted by Crippen LogP contribution is 2.31. The van der Waals surface area contributed by atoms with Gasteiger partial charge in [-0.15, -0.1) is 0 Å². The van der Waals surface area contributed by atoms with Gasteiger partial charge in [0.15, 0.2) is 0 Å². The number of hydrogen-bond acceptors (Lipinski definition) is 2. The molecule has 1 aliphatic heterocycles. The van der Waals surface area contributed by atoms with Crippen molar-refractivity contribution >= 4 is 5.91 Å². The summed E-state index contributed by atoms with van der Waals surface area (Å²) >= 11 is 0. The Hall–Kier alpha value is -2.13. The molecule has 0 aliphatic carbocycles. The average molecular weight is 336 g/mol. The van der Waals surface area contributed by atoms with E-state index in [0.29, 0.717) is 6.42 Å². The van der Waals surface area contributed by atoms with E-state index in [1.807, 2.05) is 6.07 Å². The fourth-order valence-electron chi connectivity index (χ4n) is 3.67. The van der Waals surface area contributed by atoms with Crippen LogP contribution in [0.1, 0.15) is 35.4 Å². The summed E-state index contributed by atoms with van der Waals surface area (Å²) in [5, 5.41) is 0. The molecule has 0 N–H and O–H groups in total. The lowest BCUT2D eigenvalue weighted by molar-refractivity contribution is -0.131. The zero-order valence-electron chi connectivity index (χ0n) is 15.3. The van der Waals surface area contributed by atoms with Gasteiger partial charge in [0.2, 0.25) is 5.91 Å². The van der Waals surface area contributed by atoms with Crippen molar-refractivity contribution in [1.82, 2.24) is 9.80 Å². The first-order valence-electron chi connectivity index (χ1n) is 9.22. The van der Waals surface area contributed by atoms with Crippen LogP contribution in [-0.4, -0.2) is 48.9 Å². The molecule has 25 heavy (non-hydrogen) atoms. The summed E-state index contributed by atoms with van der Waals surface area (Å²) in [5.41, 5.74) is 3.73. The minimum atomic E-state index is 0.121. The van der Waals surface area contributed by atoms with E-state index in [2.05, 4.69) is 72.3 Å². The van der Waals surface area contributed by atoms with E-state index in [1.165, 1.54) is 16.7 Å². The number of rotatable bonds is 4. The number of aryl methyl sites for hydroxylation is 1. The quantitative estimate of drug-likeness (QED) is 0.850. The van der Waals surface area contributed by atoms with Gasteiger partial charge in [-0.05, 0) is 43.6 Å². The molecule has 0 bridgehead atoms. The normalized spacial score (nSPS) is 17.1. The molecule has 0 aromatic heterocycles. The molecular formula is C22H28N2O. The summed E-state index contributed by atoms with van der Waals surface area (Å²) in [7, 11) is 2.13. The average Bonchev–Trinajstić information content (AvgIpc) is 2.86. The lowest BCUT2D eigenvalue weighted by atomic mass is 9.85. The zero-order valence-corrected chi connectivity index (χ0v) is 15.3. The van der Waals surface area contributed by atoms with Crippen LogP contribution < -0.4 is 0 Å². The smallest absolute Gasteiger partial charge is 0.223 e. The molecule has 0 saturated carbocycles. The van der Waals surface area contributed by atoms with E-state index in [-0.39, 0.29) is 11.8 Å². The van der Waals surface area contributed by atoms with Gasteiger partial charge < -0.3 is 9.80 Å². The SMILES string of the molecule is Cc1ccccc1C(CC(=O)N1CCCN(C)CC1)c1ccccc1. The van der Waals surface area contributed by atoms with Gasteiger partial charge in [0.1, 0.15) is 0 Å². The second-order valence-electron chi connectivity index (χ2n) is 7.06. The molecule has 3 rings (SSSR count). The first-order chi connectivity index (χ1) is 12.1. The summed E-state index contributed by atoms with van der Waals surface area (Å²) in [4.78, 5) is 17.4. The van der Waals surface area contributed by atoms with Crippen LogP contribution in [0.5, 0.6) is 0 Å². The first-order valence-corrected chi connectivity index (χ1v) is 9.22. The van der Waals surface area contributed by atoms with Gasteiger partial charge in [0.05, 0.1) is 0 Å². The number of benzene rings is 2. The molecule has 3 nitrogen and oxygen atoms in total. The van der Waals surface area contributed by atoms with E-state index in [4.69, 9.17) is 0 Å². The van der Waals surface area contributed by atoms with Crippen molar-refractivity contribution in [3.05, 3.63) is 71.3 Å². The summed E-state index contributed by atoms with van der Waals surface area (Å²) in [5.74, 6) is 0.392. The minimum absolute atomic E-state index is 0.121. The molecular weight excluding hydrogens is 308 g/mol. The molecule has 1 saturated heterocycles. The molecule has 3 heteroatoms. The van der Waals surface area contributed by atoms with Gasteiger partial charge in [-0.3, -0.25) is 4.79 Å². The molecule has 132 valence electrons. The second-order valence-corrected chi connectivity index (χ2v) is 7.06. The third-order valence-corrected chi connectivity index (χ3v) is 5.22. The highest BCUT2D eigenvalue weighted by atomic mass is 16.2. The van der Waals surface area contributed by atoms with Gasteiger partial charge >= 0.3 is 0 Å². The van der Waals surface area contributed by atoms with Crippen molar-refractivity contribution in [2.75, 3.05) is 33.2 Å². The Morgan fingerprint density at radius 2 is 1.68 bits per heavy atom. The van der Waals surface area contributed by atoms with E-state index >= 15 is 0 Å². The number of nitrogens with zero attached hydrogens (tertiary/aromatic N) is 2. The molecule has 2 aromatic carbocycles. The van der Waals surface area contributed by atoms with Gasteiger partial charge in [0.25, 0.3) is 0 Å². The lowest BCUT2D eigenvalue weighted by Crippen LogP contribution is -2.35. The van der Waals surface area contributed by atoms with Crippen molar-refractivity contribution in [2.45, 2.75) is 25.7 Å². The molecule has 1 heterocycles. The number of likely N-dealkylation sites (N-methyl/N-ethyl adjacent to an activating group) is 1. The fourth-order valence-corrected chi connectivity index (χ4v) is 3.67.